The van der Waals surface area contributed by atoms with Crippen LogP contribution in [0.3, 0.4) is 0 Å². The molecule has 21 heavy (non-hydrogen) atoms. The normalized spacial score (nSPS) is 12.0. The molecule has 0 bridgehead atoms. The number of aromatic nitrogens is 4. The second-order valence-electron chi connectivity index (χ2n) is 4.42. The third-order valence-electron chi connectivity index (χ3n) is 2.98. The molecule has 0 radical (unpaired) electrons. The van der Waals surface area contributed by atoms with Gasteiger partial charge in [0.25, 0.3) is 0 Å². The third-order valence-corrected chi connectivity index (χ3v) is 3.17. The van der Waals surface area contributed by atoms with Crippen molar-refractivity contribution in [2.24, 2.45) is 0 Å². The number of hydrogen-bond acceptors (Lipinski definition) is 3. The van der Waals surface area contributed by atoms with Crippen LogP contribution in [0.2, 0.25) is 5.15 Å². The van der Waals surface area contributed by atoms with Gasteiger partial charge in [0.2, 0.25) is 0 Å². The molecule has 0 unspecified atom stereocenters. The van der Waals surface area contributed by atoms with E-state index in [4.69, 9.17) is 11.6 Å². The van der Waals surface area contributed by atoms with Crippen molar-refractivity contribution >= 4 is 17.2 Å². The molecule has 3 rings (SSSR count). The Labute approximate surface area is 122 Å². The number of benzene rings is 1. The molecule has 0 aliphatic carbocycles. The summed E-state index contributed by atoms with van der Waals surface area (Å²) in [4.78, 5) is 4.06. The summed E-state index contributed by atoms with van der Waals surface area (Å²) < 4.78 is 39.9. The standard InChI is InChI=1S/C13H8ClF3N4/c1-7-18-10(14)6-11-19-20-12(21(7)11)8-3-2-4-9(5-8)13(15,16)17/h2-6H,1H3. The molecule has 108 valence electrons. The van der Waals surface area contributed by atoms with E-state index in [-0.39, 0.29) is 11.0 Å². The summed E-state index contributed by atoms with van der Waals surface area (Å²) >= 11 is 5.82. The highest BCUT2D eigenvalue weighted by atomic mass is 35.5. The Morgan fingerprint density at radius 3 is 2.62 bits per heavy atom. The van der Waals surface area contributed by atoms with Crippen LogP contribution in [0.15, 0.2) is 30.3 Å². The van der Waals surface area contributed by atoms with Crippen LogP contribution in [0.1, 0.15) is 11.4 Å². The lowest BCUT2D eigenvalue weighted by Crippen LogP contribution is -2.05. The summed E-state index contributed by atoms with van der Waals surface area (Å²) in [7, 11) is 0. The van der Waals surface area contributed by atoms with E-state index >= 15 is 0 Å². The average molecular weight is 313 g/mol. The lowest BCUT2D eigenvalue weighted by atomic mass is 10.1. The molecular formula is C13H8ClF3N4. The van der Waals surface area contributed by atoms with Gasteiger partial charge in [0.05, 0.1) is 5.56 Å². The van der Waals surface area contributed by atoms with Crippen molar-refractivity contribution in [3.05, 3.63) is 46.9 Å². The Kier molecular flexibility index (Phi) is 3.09. The van der Waals surface area contributed by atoms with E-state index < -0.39 is 11.7 Å². The molecule has 0 N–H and O–H groups in total. The van der Waals surface area contributed by atoms with Gasteiger partial charge in [-0.15, -0.1) is 10.2 Å². The van der Waals surface area contributed by atoms with Gasteiger partial charge < -0.3 is 0 Å². The number of alkyl halides is 3. The van der Waals surface area contributed by atoms with E-state index in [0.717, 1.165) is 12.1 Å². The van der Waals surface area contributed by atoms with Crippen molar-refractivity contribution in [1.82, 2.24) is 19.6 Å². The van der Waals surface area contributed by atoms with Crippen LogP contribution in [-0.2, 0) is 6.18 Å². The maximum Gasteiger partial charge on any atom is 0.416 e. The highest BCUT2D eigenvalue weighted by Crippen LogP contribution is 2.32. The summed E-state index contributed by atoms with van der Waals surface area (Å²) in [5, 5.41) is 8.11. The Morgan fingerprint density at radius 2 is 1.90 bits per heavy atom. The first-order valence-electron chi connectivity index (χ1n) is 5.92. The molecule has 0 atom stereocenters. The molecule has 1 aromatic carbocycles. The molecule has 0 saturated carbocycles. The number of rotatable bonds is 1. The van der Waals surface area contributed by atoms with Crippen molar-refractivity contribution in [1.29, 1.82) is 0 Å². The van der Waals surface area contributed by atoms with Crippen LogP contribution in [0.4, 0.5) is 13.2 Å². The first-order chi connectivity index (χ1) is 9.86. The van der Waals surface area contributed by atoms with Crippen molar-refractivity contribution in [3.63, 3.8) is 0 Å². The predicted octanol–water partition coefficient (Wildman–Crippen LogP) is 3.77. The van der Waals surface area contributed by atoms with Crippen molar-refractivity contribution in [3.8, 4) is 11.4 Å². The number of nitrogens with zero attached hydrogens (tertiary/aromatic N) is 4. The van der Waals surface area contributed by atoms with Crippen LogP contribution < -0.4 is 0 Å². The van der Waals surface area contributed by atoms with E-state index in [0.29, 0.717) is 17.0 Å². The molecule has 2 heterocycles. The van der Waals surface area contributed by atoms with Gasteiger partial charge in [-0.05, 0) is 19.1 Å². The second kappa shape index (κ2) is 4.70. The number of aryl methyl sites for hydroxylation is 1. The van der Waals surface area contributed by atoms with Crippen molar-refractivity contribution in [2.75, 3.05) is 0 Å². The summed E-state index contributed by atoms with van der Waals surface area (Å²) in [6.45, 7) is 1.68. The molecule has 0 aliphatic rings. The third kappa shape index (κ3) is 2.44. The fraction of sp³-hybridized carbons (Fsp3) is 0.154. The largest absolute Gasteiger partial charge is 0.416 e. The van der Waals surface area contributed by atoms with E-state index in [1.807, 2.05) is 0 Å². The highest BCUT2D eigenvalue weighted by molar-refractivity contribution is 6.29. The predicted molar refractivity (Wildman–Crippen MR) is 71.0 cm³/mol. The van der Waals surface area contributed by atoms with Crippen LogP contribution in [0, 0.1) is 6.92 Å². The first kappa shape index (κ1) is 13.8. The van der Waals surface area contributed by atoms with E-state index in [1.54, 1.807) is 17.4 Å². The molecule has 4 nitrogen and oxygen atoms in total. The summed E-state index contributed by atoms with van der Waals surface area (Å²) in [5.74, 6) is 0.785. The zero-order valence-electron chi connectivity index (χ0n) is 10.7. The molecule has 3 aromatic rings. The molecular weight excluding hydrogens is 305 g/mol. The Morgan fingerprint density at radius 1 is 1.14 bits per heavy atom. The monoisotopic (exact) mass is 312 g/mol. The lowest BCUT2D eigenvalue weighted by Gasteiger charge is -2.08. The zero-order chi connectivity index (χ0) is 15.2. The van der Waals surface area contributed by atoms with Gasteiger partial charge in [-0.1, -0.05) is 23.7 Å². The van der Waals surface area contributed by atoms with Crippen LogP contribution in [-0.4, -0.2) is 19.6 Å². The number of halogens is 4. The van der Waals surface area contributed by atoms with E-state index in [1.165, 1.54) is 12.1 Å². The van der Waals surface area contributed by atoms with Gasteiger partial charge in [-0.3, -0.25) is 4.40 Å². The minimum Gasteiger partial charge on any atom is -0.263 e. The zero-order valence-corrected chi connectivity index (χ0v) is 11.4. The molecule has 0 amide bonds. The van der Waals surface area contributed by atoms with Crippen molar-refractivity contribution in [2.45, 2.75) is 13.1 Å². The topological polar surface area (TPSA) is 43.1 Å². The van der Waals surface area contributed by atoms with Crippen LogP contribution in [0.5, 0.6) is 0 Å². The fourth-order valence-corrected chi connectivity index (χ4v) is 2.29. The quantitative estimate of drug-likeness (QED) is 0.642. The smallest absolute Gasteiger partial charge is 0.263 e. The average Bonchev–Trinajstić information content (AvgIpc) is 2.82. The Bertz CT molecular complexity index is 826. The molecule has 0 spiro atoms. The van der Waals surface area contributed by atoms with Crippen molar-refractivity contribution < 1.29 is 13.2 Å². The Balaban J connectivity index is 2.22. The van der Waals surface area contributed by atoms with Gasteiger partial charge in [0.1, 0.15) is 11.0 Å². The van der Waals surface area contributed by atoms with Gasteiger partial charge in [-0.2, -0.15) is 13.2 Å². The van der Waals surface area contributed by atoms with Gasteiger partial charge in [-0.25, -0.2) is 4.98 Å². The first-order valence-corrected chi connectivity index (χ1v) is 6.30. The summed E-state index contributed by atoms with van der Waals surface area (Å²) in [6.07, 6.45) is -4.41. The van der Waals surface area contributed by atoms with Gasteiger partial charge in [0.15, 0.2) is 11.5 Å². The molecule has 0 aliphatic heterocycles. The fourth-order valence-electron chi connectivity index (χ4n) is 2.07. The highest BCUT2D eigenvalue weighted by Gasteiger charge is 2.30. The molecule has 8 heteroatoms. The molecule has 2 aromatic heterocycles. The number of hydrogen-bond donors (Lipinski definition) is 0. The van der Waals surface area contributed by atoms with Crippen LogP contribution >= 0.6 is 11.6 Å². The lowest BCUT2D eigenvalue weighted by molar-refractivity contribution is -0.137. The molecule has 0 fully saturated rings. The number of fused-ring (bicyclic) bond motifs is 1. The van der Waals surface area contributed by atoms with Gasteiger partial charge in [0, 0.05) is 11.6 Å². The van der Waals surface area contributed by atoms with Crippen LogP contribution in [0.25, 0.3) is 17.0 Å². The van der Waals surface area contributed by atoms with Gasteiger partial charge >= 0.3 is 6.18 Å². The minimum atomic E-state index is -4.41. The Hall–Kier alpha value is -2.15. The second-order valence-corrected chi connectivity index (χ2v) is 4.81. The maximum atomic E-state index is 12.8. The molecule has 0 saturated heterocycles. The maximum absolute atomic E-state index is 12.8. The summed E-state index contributed by atoms with van der Waals surface area (Å²) in [5.41, 5.74) is 0.000727. The summed E-state index contributed by atoms with van der Waals surface area (Å²) in [6, 6.07) is 6.41. The van der Waals surface area contributed by atoms with E-state index in [9.17, 15) is 13.2 Å². The minimum absolute atomic E-state index is 0.253. The van der Waals surface area contributed by atoms with E-state index in [2.05, 4.69) is 15.2 Å². The SMILES string of the molecule is Cc1nc(Cl)cc2nnc(-c3cccc(C(F)(F)F)c3)n12.